The van der Waals surface area contributed by atoms with Gasteiger partial charge in [-0.15, -0.1) is 0 Å². The first-order valence-corrected chi connectivity index (χ1v) is 8.55. The molecule has 1 aliphatic rings. The number of unbranched alkanes of at least 4 members (excludes halogenated alkanes) is 1. The molecule has 1 amide bonds. The molecule has 2 aromatic carbocycles. The first kappa shape index (κ1) is 17.7. The van der Waals surface area contributed by atoms with E-state index in [0.717, 1.165) is 35.2 Å². The fraction of sp³-hybridized carbons (Fsp3) is 0.421. The van der Waals surface area contributed by atoms with E-state index in [1.807, 2.05) is 18.2 Å². The van der Waals surface area contributed by atoms with Crippen LogP contribution in [0.25, 0.3) is 10.8 Å². The van der Waals surface area contributed by atoms with Gasteiger partial charge in [0.1, 0.15) is 0 Å². The van der Waals surface area contributed by atoms with Crippen molar-refractivity contribution in [3.63, 3.8) is 0 Å². The van der Waals surface area contributed by atoms with Crippen LogP contribution < -0.4 is 5.43 Å². The summed E-state index contributed by atoms with van der Waals surface area (Å²) in [6.07, 6.45) is -1.53. The van der Waals surface area contributed by atoms with Crippen LogP contribution in [0.1, 0.15) is 43.4 Å². The van der Waals surface area contributed by atoms with Gasteiger partial charge in [-0.25, -0.2) is 5.01 Å². The summed E-state index contributed by atoms with van der Waals surface area (Å²) < 4.78 is 41.5. The Morgan fingerprint density at radius 1 is 1.16 bits per heavy atom. The van der Waals surface area contributed by atoms with Crippen LogP contribution >= 0.6 is 0 Å². The van der Waals surface area contributed by atoms with Gasteiger partial charge in [-0.2, -0.15) is 13.2 Å². The molecule has 3 rings (SSSR count). The van der Waals surface area contributed by atoms with Gasteiger partial charge in [0.2, 0.25) is 5.91 Å². The van der Waals surface area contributed by atoms with Gasteiger partial charge in [-0.3, -0.25) is 10.2 Å². The van der Waals surface area contributed by atoms with Crippen LogP contribution in [-0.2, 0) is 11.2 Å². The third-order valence-corrected chi connectivity index (χ3v) is 4.61. The zero-order valence-electron chi connectivity index (χ0n) is 14.1. The lowest BCUT2D eigenvalue weighted by Crippen LogP contribution is -2.43. The number of hydrogen-bond donors (Lipinski definition) is 1. The summed E-state index contributed by atoms with van der Waals surface area (Å²) >= 11 is 0. The van der Waals surface area contributed by atoms with Gasteiger partial charge in [0.05, 0.1) is 0 Å². The lowest BCUT2D eigenvalue weighted by Gasteiger charge is -2.30. The Bertz CT molecular complexity index is 773. The van der Waals surface area contributed by atoms with Crippen LogP contribution in [0.5, 0.6) is 0 Å². The number of nitrogens with one attached hydrogen (secondary N) is 1. The van der Waals surface area contributed by atoms with Crippen LogP contribution in [0.3, 0.4) is 0 Å². The SMILES string of the molecule is CCCCc1cccc2c(C(N3CCC(=O)N3)C(F)(F)F)cccc12. The predicted molar refractivity (Wildman–Crippen MR) is 90.8 cm³/mol. The Balaban J connectivity index is 2.10. The summed E-state index contributed by atoms with van der Waals surface area (Å²) in [5.41, 5.74) is 3.60. The largest absolute Gasteiger partial charge is 0.409 e. The Kier molecular flexibility index (Phi) is 4.99. The van der Waals surface area contributed by atoms with E-state index in [4.69, 9.17) is 0 Å². The number of fused-ring (bicyclic) bond motifs is 1. The minimum absolute atomic E-state index is 0.0505. The van der Waals surface area contributed by atoms with E-state index < -0.39 is 12.2 Å². The van der Waals surface area contributed by atoms with E-state index >= 15 is 0 Å². The van der Waals surface area contributed by atoms with Crippen molar-refractivity contribution in [3.8, 4) is 0 Å². The molecule has 0 radical (unpaired) electrons. The van der Waals surface area contributed by atoms with Crippen molar-refractivity contribution in [1.29, 1.82) is 0 Å². The molecule has 1 unspecified atom stereocenters. The number of nitrogens with zero attached hydrogens (tertiary/aromatic N) is 1. The highest BCUT2D eigenvalue weighted by atomic mass is 19.4. The average Bonchev–Trinajstić information content (AvgIpc) is 2.98. The monoisotopic (exact) mass is 350 g/mol. The Morgan fingerprint density at radius 3 is 2.52 bits per heavy atom. The third-order valence-electron chi connectivity index (χ3n) is 4.61. The van der Waals surface area contributed by atoms with Crippen molar-refractivity contribution >= 4 is 16.7 Å². The van der Waals surface area contributed by atoms with Gasteiger partial charge in [0.25, 0.3) is 0 Å². The first-order chi connectivity index (χ1) is 11.9. The van der Waals surface area contributed by atoms with Crippen LogP contribution in [-0.4, -0.2) is 23.6 Å². The van der Waals surface area contributed by atoms with Crippen molar-refractivity contribution < 1.29 is 18.0 Å². The predicted octanol–water partition coefficient (Wildman–Crippen LogP) is 4.52. The molecule has 2 aromatic rings. The lowest BCUT2D eigenvalue weighted by atomic mass is 9.93. The average molecular weight is 350 g/mol. The molecule has 0 aromatic heterocycles. The quantitative estimate of drug-likeness (QED) is 0.860. The normalized spacial score (nSPS) is 17.0. The number of carbonyl (C=O) groups is 1. The van der Waals surface area contributed by atoms with Crippen molar-refractivity contribution in [2.75, 3.05) is 6.54 Å². The van der Waals surface area contributed by atoms with E-state index in [1.54, 1.807) is 12.1 Å². The highest BCUT2D eigenvalue weighted by molar-refractivity contribution is 5.89. The number of carbonyl (C=O) groups excluding carboxylic acids is 1. The molecular formula is C19H21F3N2O. The molecule has 1 fully saturated rings. The molecule has 0 aliphatic carbocycles. The highest BCUT2D eigenvalue weighted by Gasteiger charge is 2.47. The molecule has 0 saturated carbocycles. The molecule has 1 heterocycles. The Hall–Kier alpha value is -2.08. The van der Waals surface area contributed by atoms with Gasteiger partial charge in [-0.05, 0) is 34.7 Å². The van der Waals surface area contributed by atoms with Gasteiger partial charge < -0.3 is 0 Å². The second kappa shape index (κ2) is 7.04. The zero-order chi connectivity index (χ0) is 18.0. The van der Waals surface area contributed by atoms with Gasteiger partial charge in [-0.1, -0.05) is 49.7 Å². The first-order valence-electron chi connectivity index (χ1n) is 8.55. The maximum Gasteiger partial charge on any atom is 0.409 e. The van der Waals surface area contributed by atoms with Crippen molar-refractivity contribution in [1.82, 2.24) is 10.4 Å². The molecule has 3 nitrogen and oxygen atoms in total. The fourth-order valence-electron chi connectivity index (χ4n) is 3.43. The molecule has 1 aliphatic heterocycles. The number of rotatable bonds is 5. The number of alkyl halides is 3. The summed E-state index contributed by atoms with van der Waals surface area (Å²) in [5, 5.41) is 2.46. The van der Waals surface area contributed by atoms with E-state index in [1.165, 1.54) is 6.07 Å². The van der Waals surface area contributed by atoms with Crippen LogP contribution in [0.2, 0.25) is 0 Å². The maximum absolute atomic E-state index is 13.8. The molecule has 1 saturated heterocycles. The number of aryl methyl sites for hydroxylation is 1. The number of hydrazine groups is 1. The van der Waals surface area contributed by atoms with Crippen LogP contribution in [0.15, 0.2) is 36.4 Å². The number of hydrogen-bond acceptors (Lipinski definition) is 2. The molecule has 25 heavy (non-hydrogen) atoms. The lowest BCUT2D eigenvalue weighted by molar-refractivity contribution is -0.190. The van der Waals surface area contributed by atoms with Crippen molar-refractivity contribution in [2.45, 2.75) is 44.8 Å². The molecule has 1 N–H and O–H groups in total. The van der Waals surface area contributed by atoms with Gasteiger partial charge in [0.15, 0.2) is 6.04 Å². The van der Waals surface area contributed by atoms with E-state index in [0.29, 0.717) is 5.39 Å². The summed E-state index contributed by atoms with van der Waals surface area (Å²) in [5.74, 6) is -0.377. The maximum atomic E-state index is 13.8. The summed E-state index contributed by atoms with van der Waals surface area (Å²) in [7, 11) is 0. The summed E-state index contributed by atoms with van der Waals surface area (Å²) in [6, 6.07) is 8.73. The molecular weight excluding hydrogens is 329 g/mol. The van der Waals surface area contributed by atoms with Crippen LogP contribution in [0.4, 0.5) is 13.2 Å². The summed E-state index contributed by atoms with van der Waals surface area (Å²) in [4.78, 5) is 11.4. The van der Waals surface area contributed by atoms with E-state index in [9.17, 15) is 18.0 Å². The Labute approximate surface area is 144 Å². The zero-order valence-corrected chi connectivity index (χ0v) is 14.1. The number of amides is 1. The minimum atomic E-state index is -4.48. The van der Waals surface area contributed by atoms with E-state index in [-0.39, 0.29) is 24.4 Å². The standard InChI is InChI=1S/C19H21F3N2O/c1-2-3-6-13-7-4-9-15-14(13)8-5-10-16(15)18(19(20,21)22)24-12-11-17(25)23-24/h4-5,7-10,18H,2-3,6,11-12H2,1H3,(H,23,25). The molecule has 6 heteroatoms. The molecule has 0 spiro atoms. The fourth-order valence-corrected chi connectivity index (χ4v) is 3.43. The smallest absolute Gasteiger partial charge is 0.288 e. The second-order valence-electron chi connectivity index (χ2n) is 6.39. The van der Waals surface area contributed by atoms with E-state index in [2.05, 4.69) is 12.3 Å². The molecule has 1 atom stereocenters. The molecule has 0 bridgehead atoms. The minimum Gasteiger partial charge on any atom is -0.288 e. The van der Waals surface area contributed by atoms with Crippen molar-refractivity contribution in [2.24, 2.45) is 0 Å². The van der Waals surface area contributed by atoms with Gasteiger partial charge in [0, 0.05) is 13.0 Å². The molecule has 134 valence electrons. The highest BCUT2D eigenvalue weighted by Crippen LogP contribution is 2.41. The van der Waals surface area contributed by atoms with Crippen LogP contribution in [0, 0.1) is 0 Å². The number of halogens is 3. The van der Waals surface area contributed by atoms with Gasteiger partial charge >= 0.3 is 6.18 Å². The second-order valence-corrected chi connectivity index (χ2v) is 6.39. The third kappa shape index (κ3) is 3.63. The Morgan fingerprint density at radius 2 is 1.88 bits per heavy atom. The summed E-state index contributed by atoms with van der Waals surface area (Å²) in [6.45, 7) is 2.14. The van der Waals surface area contributed by atoms with Crippen molar-refractivity contribution in [3.05, 3.63) is 47.5 Å². The topological polar surface area (TPSA) is 32.3 Å². The number of benzene rings is 2.